The highest BCUT2D eigenvalue weighted by atomic mass is 16.4. The van der Waals surface area contributed by atoms with Crippen LogP contribution in [0.5, 0.6) is 0 Å². The number of H-pyrrole nitrogens is 1. The Morgan fingerprint density at radius 3 is 2.85 bits per heavy atom. The van der Waals surface area contributed by atoms with Crippen molar-refractivity contribution in [1.82, 2.24) is 9.97 Å². The minimum atomic E-state index is -1.14. The number of aliphatic carboxylic acids is 1. The number of aromatic amines is 1. The second-order valence-electron chi connectivity index (χ2n) is 2.64. The zero-order valence-corrected chi connectivity index (χ0v) is 7.07. The van der Waals surface area contributed by atoms with E-state index >= 15 is 0 Å². The summed E-state index contributed by atoms with van der Waals surface area (Å²) in [6.07, 6.45) is 1.24. The molecule has 0 radical (unpaired) electrons. The van der Waals surface area contributed by atoms with Crippen LogP contribution in [0.4, 0.5) is 0 Å². The van der Waals surface area contributed by atoms with Crippen LogP contribution < -0.4 is 11.3 Å². The van der Waals surface area contributed by atoms with Crippen molar-refractivity contribution in [2.45, 2.75) is 13.0 Å². The number of aryl methyl sites for hydroxylation is 1. The van der Waals surface area contributed by atoms with Gasteiger partial charge in [-0.3, -0.25) is 4.79 Å². The zero-order chi connectivity index (χ0) is 10.0. The molecule has 1 aromatic heterocycles. The lowest BCUT2D eigenvalue weighted by atomic mass is 10.2. The molecular formula is C7H10N3O3+. The standard InChI is InChI=1S/C7H9N3O3/c1-3-9-2-4(6(11)10-3)5(8)7(12)13/h2,5H,8H2,1H3,(H,12,13)(H,9,10,11)/p+1. The van der Waals surface area contributed by atoms with Crippen LogP contribution in [-0.4, -0.2) is 21.0 Å². The van der Waals surface area contributed by atoms with E-state index in [4.69, 9.17) is 5.11 Å². The van der Waals surface area contributed by atoms with Crippen molar-refractivity contribution in [1.29, 1.82) is 0 Å². The maximum Gasteiger partial charge on any atom is 0.367 e. The van der Waals surface area contributed by atoms with Crippen molar-refractivity contribution in [2.24, 2.45) is 0 Å². The van der Waals surface area contributed by atoms with Crippen molar-refractivity contribution in [3.63, 3.8) is 0 Å². The predicted octanol–water partition coefficient (Wildman–Crippen LogP) is -1.55. The minimum absolute atomic E-state index is 0.0677. The smallest absolute Gasteiger partial charge is 0.367 e. The molecule has 1 aromatic rings. The topological polar surface area (TPSA) is 111 Å². The molecule has 0 aliphatic heterocycles. The number of aromatic nitrogens is 2. The molecule has 1 unspecified atom stereocenters. The number of nitrogens with one attached hydrogen (secondary N) is 1. The van der Waals surface area contributed by atoms with E-state index in [0.717, 1.165) is 0 Å². The fraction of sp³-hybridized carbons (Fsp3) is 0.286. The first-order valence-corrected chi connectivity index (χ1v) is 3.64. The van der Waals surface area contributed by atoms with Crippen LogP contribution in [0.15, 0.2) is 11.0 Å². The lowest BCUT2D eigenvalue weighted by molar-refractivity contribution is -0.414. The van der Waals surface area contributed by atoms with Crippen LogP contribution in [0.2, 0.25) is 0 Å². The number of hydrogen-bond acceptors (Lipinski definition) is 3. The van der Waals surface area contributed by atoms with Gasteiger partial charge in [-0.2, -0.15) is 0 Å². The SMILES string of the molecule is Cc1ncc(C([NH3+])C(=O)O)c(=O)[nH]1. The van der Waals surface area contributed by atoms with Gasteiger partial charge in [0, 0.05) is 6.20 Å². The summed E-state index contributed by atoms with van der Waals surface area (Å²) in [4.78, 5) is 27.9. The molecule has 0 aliphatic carbocycles. The summed E-state index contributed by atoms with van der Waals surface area (Å²) in [6, 6.07) is -1.07. The molecule has 5 N–H and O–H groups in total. The number of carboxylic acids is 1. The van der Waals surface area contributed by atoms with Crippen molar-refractivity contribution < 1.29 is 15.6 Å². The van der Waals surface area contributed by atoms with Gasteiger partial charge >= 0.3 is 5.97 Å². The normalized spacial score (nSPS) is 12.5. The maximum atomic E-state index is 11.2. The molecule has 0 bridgehead atoms. The van der Waals surface area contributed by atoms with E-state index in [0.29, 0.717) is 5.82 Å². The summed E-state index contributed by atoms with van der Waals surface area (Å²) in [5, 5.41) is 8.59. The van der Waals surface area contributed by atoms with E-state index in [-0.39, 0.29) is 5.56 Å². The second kappa shape index (κ2) is 3.36. The summed E-state index contributed by atoms with van der Waals surface area (Å²) in [6.45, 7) is 1.62. The van der Waals surface area contributed by atoms with Crippen molar-refractivity contribution in [2.75, 3.05) is 0 Å². The minimum Gasteiger partial charge on any atom is -0.477 e. The van der Waals surface area contributed by atoms with Crippen LogP contribution in [0.1, 0.15) is 17.4 Å². The molecule has 0 amide bonds. The highest BCUT2D eigenvalue weighted by Crippen LogP contribution is 1.99. The van der Waals surface area contributed by atoms with Gasteiger partial charge in [-0.15, -0.1) is 0 Å². The average Bonchev–Trinajstić information content (AvgIpc) is 2.03. The first-order chi connectivity index (χ1) is 6.02. The van der Waals surface area contributed by atoms with Gasteiger partial charge in [0.1, 0.15) is 11.4 Å². The number of quaternary nitrogens is 1. The molecule has 1 atom stereocenters. The number of nitrogens with zero attached hydrogens (tertiary/aromatic N) is 1. The molecular weight excluding hydrogens is 174 g/mol. The molecule has 0 aliphatic rings. The predicted molar refractivity (Wildman–Crippen MR) is 42.9 cm³/mol. The van der Waals surface area contributed by atoms with Crippen LogP contribution in [0.3, 0.4) is 0 Å². The zero-order valence-electron chi connectivity index (χ0n) is 7.07. The van der Waals surface area contributed by atoms with E-state index < -0.39 is 17.6 Å². The third kappa shape index (κ3) is 1.91. The van der Waals surface area contributed by atoms with E-state index in [2.05, 4.69) is 15.7 Å². The number of carboxylic acid groups (broad SMARTS) is 1. The molecule has 13 heavy (non-hydrogen) atoms. The highest BCUT2D eigenvalue weighted by Gasteiger charge is 2.21. The van der Waals surface area contributed by atoms with Gasteiger partial charge in [-0.25, -0.2) is 9.78 Å². The molecule has 1 rings (SSSR count). The summed E-state index contributed by atoms with van der Waals surface area (Å²) in [5.41, 5.74) is 2.96. The van der Waals surface area contributed by atoms with Gasteiger partial charge in [-0.1, -0.05) is 0 Å². The first-order valence-electron chi connectivity index (χ1n) is 3.64. The quantitative estimate of drug-likeness (QED) is 0.516. The fourth-order valence-electron chi connectivity index (χ4n) is 0.875. The molecule has 0 saturated heterocycles. The molecule has 70 valence electrons. The fourth-order valence-corrected chi connectivity index (χ4v) is 0.875. The summed E-state index contributed by atoms with van der Waals surface area (Å²) in [7, 11) is 0. The molecule has 1 heterocycles. The van der Waals surface area contributed by atoms with E-state index in [1.807, 2.05) is 0 Å². The van der Waals surface area contributed by atoms with Crippen molar-refractivity contribution in [3.05, 3.63) is 27.9 Å². The van der Waals surface area contributed by atoms with Crippen molar-refractivity contribution in [3.8, 4) is 0 Å². The van der Waals surface area contributed by atoms with Crippen LogP contribution >= 0.6 is 0 Å². The summed E-state index contributed by atoms with van der Waals surface area (Å²) >= 11 is 0. The van der Waals surface area contributed by atoms with Crippen molar-refractivity contribution >= 4 is 5.97 Å². The van der Waals surface area contributed by atoms with Gasteiger partial charge in [-0.05, 0) is 6.92 Å². The number of rotatable bonds is 2. The lowest BCUT2D eigenvalue weighted by Crippen LogP contribution is -2.58. The highest BCUT2D eigenvalue weighted by molar-refractivity contribution is 5.73. The number of carbonyl (C=O) groups is 1. The van der Waals surface area contributed by atoms with Crippen LogP contribution in [0.25, 0.3) is 0 Å². The third-order valence-corrected chi connectivity index (χ3v) is 1.63. The molecule has 0 spiro atoms. The molecule has 0 saturated carbocycles. The largest absolute Gasteiger partial charge is 0.477 e. The van der Waals surface area contributed by atoms with Gasteiger partial charge in [0.15, 0.2) is 0 Å². The molecule has 0 aromatic carbocycles. The first kappa shape index (κ1) is 9.40. The monoisotopic (exact) mass is 184 g/mol. The summed E-state index contributed by atoms with van der Waals surface area (Å²) < 4.78 is 0. The van der Waals surface area contributed by atoms with E-state index in [9.17, 15) is 9.59 Å². The Bertz CT molecular complexity index is 385. The Morgan fingerprint density at radius 2 is 2.38 bits per heavy atom. The Kier molecular flexibility index (Phi) is 2.43. The van der Waals surface area contributed by atoms with Crippen LogP contribution in [0, 0.1) is 6.92 Å². The van der Waals surface area contributed by atoms with Gasteiger partial charge < -0.3 is 15.8 Å². The Labute approximate surface area is 73.4 Å². The van der Waals surface area contributed by atoms with Gasteiger partial charge in [0.05, 0.1) is 0 Å². The maximum absolute atomic E-state index is 11.2. The second-order valence-corrected chi connectivity index (χ2v) is 2.64. The Morgan fingerprint density at radius 1 is 1.77 bits per heavy atom. The van der Waals surface area contributed by atoms with E-state index in [1.54, 1.807) is 6.92 Å². The van der Waals surface area contributed by atoms with Gasteiger partial charge in [0.2, 0.25) is 6.04 Å². The molecule has 6 heteroatoms. The lowest BCUT2D eigenvalue weighted by Gasteiger charge is -2.01. The number of hydrogen-bond donors (Lipinski definition) is 3. The summed E-state index contributed by atoms with van der Waals surface area (Å²) in [5.74, 6) is -0.692. The molecule has 0 fully saturated rings. The average molecular weight is 184 g/mol. The third-order valence-electron chi connectivity index (χ3n) is 1.63. The Balaban J connectivity index is 3.16. The Hall–Kier alpha value is -1.69. The van der Waals surface area contributed by atoms with Gasteiger partial charge in [0.25, 0.3) is 5.56 Å². The molecule has 6 nitrogen and oxygen atoms in total. The van der Waals surface area contributed by atoms with E-state index in [1.165, 1.54) is 6.20 Å². The van der Waals surface area contributed by atoms with Crippen LogP contribution in [-0.2, 0) is 4.79 Å².